The van der Waals surface area contributed by atoms with Gasteiger partial charge in [-0.05, 0) is 24.3 Å². The first kappa shape index (κ1) is 20.8. The number of rotatable bonds is 7. The van der Waals surface area contributed by atoms with Crippen LogP contribution in [0.1, 0.15) is 5.69 Å². The van der Waals surface area contributed by atoms with Crippen molar-refractivity contribution in [2.75, 3.05) is 19.5 Å². The molecule has 11 heteroatoms. The van der Waals surface area contributed by atoms with Crippen molar-refractivity contribution in [1.29, 1.82) is 0 Å². The van der Waals surface area contributed by atoms with E-state index in [2.05, 4.69) is 30.8 Å². The number of hydrogen-bond donors (Lipinski definition) is 2. The van der Waals surface area contributed by atoms with Crippen LogP contribution >= 0.6 is 11.6 Å². The van der Waals surface area contributed by atoms with Gasteiger partial charge in [-0.3, -0.25) is 4.98 Å². The highest BCUT2D eigenvalue weighted by molar-refractivity contribution is 6.33. The summed E-state index contributed by atoms with van der Waals surface area (Å²) in [5.41, 5.74) is 3.12. The fourth-order valence-corrected chi connectivity index (χ4v) is 2.37. The van der Waals surface area contributed by atoms with Crippen LogP contribution in [0.3, 0.4) is 0 Å². The van der Waals surface area contributed by atoms with Crippen LogP contribution in [0.15, 0.2) is 53.8 Å². The van der Waals surface area contributed by atoms with E-state index in [1.54, 1.807) is 42.6 Å². The summed E-state index contributed by atoms with van der Waals surface area (Å²) in [7, 11) is 2.93. The van der Waals surface area contributed by atoms with Crippen LogP contribution in [-0.2, 0) is 0 Å². The number of methoxy groups -OCH3 is 2. The van der Waals surface area contributed by atoms with E-state index in [0.717, 1.165) is 0 Å². The molecule has 2 aromatic heterocycles. The van der Waals surface area contributed by atoms with Gasteiger partial charge in [0.05, 0.1) is 37.2 Å². The molecule has 0 saturated heterocycles. The van der Waals surface area contributed by atoms with Gasteiger partial charge in [-0.1, -0.05) is 23.7 Å². The molecule has 0 aliphatic heterocycles. The second-order valence-corrected chi connectivity index (χ2v) is 5.94. The minimum absolute atomic E-state index is 0.00160. The Labute approximate surface area is 176 Å². The van der Waals surface area contributed by atoms with E-state index < -0.39 is 6.03 Å². The number of amides is 2. The van der Waals surface area contributed by atoms with Crippen LogP contribution in [0.25, 0.3) is 0 Å². The van der Waals surface area contributed by atoms with Gasteiger partial charge >= 0.3 is 12.0 Å². The molecule has 0 atom stereocenters. The molecule has 0 aliphatic carbocycles. The Morgan fingerprint density at radius 1 is 1.10 bits per heavy atom. The van der Waals surface area contributed by atoms with E-state index in [4.69, 9.17) is 25.8 Å². The van der Waals surface area contributed by atoms with Crippen molar-refractivity contribution in [3.63, 3.8) is 0 Å². The predicted molar refractivity (Wildman–Crippen MR) is 111 cm³/mol. The number of nitrogens with zero attached hydrogens (tertiary/aromatic N) is 4. The van der Waals surface area contributed by atoms with E-state index >= 15 is 0 Å². The van der Waals surface area contributed by atoms with Crippen molar-refractivity contribution >= 4 is 29.5 Å². The van der Waals surface area contributed by atoms with E-state index in [0.29, 0.717) is 22.2 Å². The highest BCUT2D eigenvalue weighted by Gasteiger charge is 2.11. The molecule has 0 radical (unpaired) electrons. The quantitative estimate of drug-likeness (QED) is 0.436. The van der Waals surface area contributed by atoms with Crippen LogP contribution in [0.4, 0.5) is 10.5 Å². The molecular weight excluding hydrogens is 412 g/mol. The molecule has 3 aromatic rings. The van der Waals surface area contributed by atoms with Crippen molar-refractivity contribution in [3.05, 3.63) is 59.4 Å². The predicted octanol–water partition coefficient (Wildman–Crippen LogP) is 3.49. The zero-order chi connectivity index (χ0) is 21.3. The number of urea groups is 1. The van der Waals surface area contributed by atoms with Crippen LogP contribution in [0, 0.1) is 0 Å². The zero-order valence-corrected chi connectivity index (χ0v) is 16.8. The lowest BCUT2D eigenvalue weighted by molar-refractivity contribution is 0.252. The molecule has 0 saturated carbocycles. The number of hydrogen-bond acceptors (Lipinski definition) is 8. The maximum Gasteiger partial charge on any atom is 0.339 e. The Bertz CT molecular complexity index is 1040. The number of halogens is 1. The summed E-state index contributed by atoms with van der Waals surface area (Å²) in [5.74, 6) is 0.854. The molecule has 0 aliphatic rings. The Kier molecular flexibility index (Phi) is 6.95. The summed E-state index contributed by atoms with van der Waals surface area (Å²) in [5, 5.41) is 6.86. The van der Waals surface area contributed by atoms with Gasteiger partial charge in [0, 0.05) is 6.20 Å². The third-order valence-corrected chi connectivity index (χ3v) is 3.88. The molecule has 0 spiro atoms. The van der Waals surface area contributed by atoms with E-state index in [-0.39, 0.29) is 17.8 Å². The highest BCUT2D eigenvalue weighted by atomic mass is 35.5. The summed E-state index contributed by atoms with van der Waals surface area (Å²) < 4.78 is 15.9. The van der Waals surface area contributed by atoms with Crippen LogP contribution < -0.4 is 25.0 Å². The lowest BCUT2D eigenvalue weighted by atomic mass is 10.3. The number of aromatic nitrogens is 3. The zero-order valence-electron chi connectivity index (χ0n) is 16.0. The van der Waals surface area contributed by atoms with Crippen molar-refractivity contribution in [3.8, 4) is 23.5 Å². The van der Waals surface area contributed by atoms with Gasteiger partial charge in [0.25, 0.3) is 0 Å². The van der Waals surface area contributed by atoms with Gasteiger partial charge in [-0.2, -0.15) is 15.1 Å². The number of benzene rings is 1. The summed E-state index contributed by atoms with van der Waals surface area (Å²) in [6.45, 7) is 0. The monoisotopic (exact) mass is 428 g/mol. The van der Waals surface area contributed by atoms with Crippen molar-refractivity contribution in [2.45, 2.75) is 0 Å². The molecule has 2 amide bonds. The second-order valence-electron chi connectivity index (χ2n) is 5.53. The molecule has 154 valence electrons. The van der Waals surface area contributed by atoms with Crippen LogP contribution in [0.5, 0.6) is 23.5 Å². The third-order valence-electron chi connectivity index (χ3n) is 3.55. The van der Waals surface area contributed by atoms with Crippen molar-refractivity contribution in [1.82, 2.24) is 20.4 Å². The molecule has 1 aromatic carbocycles. The van der Waals surface area contributed by atoms with Gasteiger partial charge in [-0.15, -0.1) is 0 Å². The Morgan fingerprint density at radius 2 is 1.83 bits per heavy atom. The van der Waals surface area contributed by atoms with Gasteiger partial charge < -0.3 is 19.5 Å². The molecule has 0 bridgehead atoms. The highest BCUT2D eigenvalue weighted by Crippen LogP contribution is 2.24. The van der Waals surface area contributed by atoms with Gasteiger partial charge in [0.1, 0.15) is 5.69 Å². The summed E-state index contributed by atoms with van der Waals surface area (Å²) >= 11 is 6.00. The van der Waals surface area contributed by atoms with E-state index in [9.17, 15) is 4.79 Å². The lowest BCUT2D eigenvalue weighted by Gasteiger charge is -2.09. The summed E-state index contributed by atoms with van der Waals surface area (Å²) in [6.07, 6.45) is 2.87. The van der Waals surface area contributed by atoms with Crippen molar-refractivity contribution in [2.24, 2.45) is 5.10 Å². The van der Waals surface area contributed by atoms with Crippen molar-refractivity contribution < 1.29 is 19.0 Å². The molecule has 2 heterocycles. The van der Waals surface area contributed by atoms with E-state index in [1.807, 2.05) is 0 Å². The number of anilines is 1. The smallest absolute Gasteiger partial charge is 0.339 e. The number of pyridine rings is 1. The fourth-order valence-electron chi connectivity index (χ4n) is 2.19. The molecule has 10 nitrogen and oxygen atoms in total. The van der Waals surface area contributed by atoms with Gasteiger partial charge in [-0.25, -0.2) is 10.2 Å². The maximum atomic E-state index is 12.0. The topological polar surface area (TPSA) is 120 Å². The average Bonchev–Trinajstić information content (AvgIpc) is 2.76. The average molecular weight is 429 g/mol. The standard InChI is InChI=1S/C19H17ClN6O4/c1-28-16-10-17(29-2)25-19(24-16)30-15-8-5-9-21-14(15)11-22-26-18(27)23-13-7-4-3-6-12(13)20/h3-11H,1-2H3,(H2,23,26,27)/b22-11+. The fraction of sp³-hybridized carbons (Fsp3) is 0.105. The number of ether oxygens (including phenoxy) is 3. The molecule has 0 unspecified atom stereocenters. The normalized spacial score (nSPS) is 10.5. The largest absolute Gasteiger partial charge is 0.481 e. The second kappa shape index (κ2) is 10.0. The first-order valence-corrected chi connectivity index (χ1v) is 8.91. The lowest BCUT2D eigenvalue weighted by Crippen LogP contribution is -2.24. The van der Waals surface area contributed by atoms with Gasteiger partial charge in [0.2, 0.25) is 11.8 Å². The summed E-state index contributed by atoms with van der Waals surface area (Å²) in [6, 6.07) is 11.1. The number of nitrogens with one attached hydrogen (secondary N) is 2. The number of carbonyl (C=O) groups excluding carboxylic acids is 1. The minimum Gasteiger partial charge on any atom is -0.481 e. The Morgan fingerprint density at radius 3 is 2.53 bits per heavy atom. The molecule has 3 rings (SSSR count). The Hall–Kier alpha value is -3.92. The van der Waals surface area contributed by atoms with Crippen LogP contribution in [-0.4, -0.2) is 41.4 Å². The third kappa shape index (κ3) is 5.55. The Balaban J connectivity index is 1.69. The van der Waals surface area contributed by atoms with Gasteiger partial charge in [0.15, 0.2) is 5.75 Å². The number of hydrazone groups is 1. The SMILES string of the molecule is COc1cc(OC)nc(Oc2cccnc2/C=N/NC(=O)Nc2ccccc2Cl)n1. The molecule has 30 heavy (non-hydrogen) atoms. The number of carbonyl (C=O) groups is 1. The number of para-hydroxylation sites is 1. The maximum absolute atomic E-state index is 12.0. The summed E-state index contributed by atoms with van der Waals surface area (Å²) in [4.78, 5) is 24.3. The molecule has 0 fully saturated rings. The molecular formula is C19H17ClN6O4. The van der Waals surface area contributed by atoms with E-state index in [1.165, 1.54) is 26.5 Å². The molecule has 2 N–H and O–H groups in total. The first-order valence-electron chi connectivity index (χ1n) is 8.53. The van der Waals surface area contributed by atoms with Crippen LogP contribution in [0.2, 0.25) is 5.02 Å². The minimum atomic E-state index is -0.571. The first-order chi connectivity index (χ1) is 14.6.